The molecule has 0 saturated carbocycles. The summed E-state index contributed by atoms with van der Waals surface area (Å²) in [6.07, 6.45) is 0.310. The third-order valence-electron chi connectivity index (χ3n) is 6.48. The van der Waals surface area contributed by atoms with Crippen LogP contribution < -0.4 is 10.1 Å². The van der Waals surface area contributed by atoms with Gasteiger partial charge in [-0.25, -0.2) is 8.42 Å². The number of carbonyl (C=O) groups is 1. The maximum Gasteiger partial charge on any atom is 0.244 e. The Kier molecular flexibility index (Phi) is 7.08. The molecule has 0 unspecified atom stereocenters. The standard InChI is InChI=1S/C30H28N2O4S/c1-22-14-16-28(17-15-22)37(34,35)32-21-25-10-6-5-9-24(25)19-29(32)30(33)31-20-23-8-7-13-27(18-23)36-26-11-3-2-4-12-26/h2-18,29H,19-21H2,1H3,(H,31,33)/t29-/m0/s1. The molecule has 1 N–H and O–H groups in total. The predicted molar refractivity (Wildman–Crippen MR) is 143 cm³/mol. The molecule has 7 heteroatoms. The van der Waals surface area contributed by atoms with Gasteiger partial charge in [0.05, 0.1) is 4.90 Å². The highest BCUT2D eigenvalue weighted by atomic mass is 32.2. The SMILES string of the molecule is Cc1ccc(S(=O)(=O)N2Cc3ccccc3C[C@H]2C(=O)NCc2cccc(Oc3ccccc3)c2)cc1. The Morgan fingerprint density at radius 1 is 0.865 bits per heavy atom. The highest BCUT2D eigenvalue weighted by Gasteiger charge is 2.39. The minimum atomic E-state index is -3.89. The molecule has 1 amide bonds. The number of aryl methyl sites for hydroxylation is 1. The van der Waals surface area contributed by atoms with Crippen LogP contribution in [0.4, 0.5) is 0 Å². The number of sulfonamides is 1. The number of rotatable bonds is 7. The zero-order chi connectivity index (χ0) is 25.8. The number of para-hydroxylation sites is 1. The molecule has 6 nitrogen and oxygen atoms in total. The van der Waals surface area contributed by atoms with Crippen molar-refractivity contribution < 1.29 is 17.9 Å². The third-order valence-corrected chi connectivity index (χ3v) is 8.35. The summed E-state index contributed by atoms with van der Waals surface area (Å²) in [5.41, 5.74) is 3.71. The van der Waals surface area contributed by atoms with Crippen LogP contribution >= 0.6 is 0 Å². The van der Waals surface area contributed by atoms with Crippen LogP contribution in [-0.4, -0.2) is 24.7 Å². The Morgan fingerprint density at radius 3 is 2.30 bits per heavy atom. The first kappa shape index (κ1) is 24.7. The van der Waals surface area contributed by atoms with Gasteiger partial charge in [0.25, 0.3) is 0 Å². The Morgan fingerprint density at radius 2 is 1.54 bits per heavy atom. The lowest BCUT2D eigenvalue weighted by Crippen LogP contribution is -2.52. The number of amides is 1. The summed E-state index contributed by atoms with van der Waals surface area (Å²) in [5, 5.41) is 2.95. The summed E-state index contributed by atoms with van der Waals surface area (Å²) in [6, 6.07) is 30.5. The number of nitrogens with one attached hydrogen (secondary N) is 1. The fraction of sp³-hybridized carbons (Fsp3) is 0.167. The lowest BCUT2D eigenvalue weighted by molar-refractivity contribution is -0.125. The van der Waals surface area contributed by atoms with Crippen molar-refractivity contribution in [3.63, 3.8) is 0 Å². The zero-order valence-corrected chi connectivity index (χ0v) is 21.3. The first-order chi connectivity index (χ1) is 17.9. The number of nitrogens with zero attached hydrogens (tertiary/aromatic N) is 1. The Hall–Kier alpha value is -3.94. The Bertz CT molecular complexity index is 1500. The van der Waals surface area contributed by atoms with Gasteiger partial charge < -0.3 is 10.1 Å². The molecule has 0 aromatic heterocycles. The molecule has 4 aromatic carbocycles. The van der Waals surface area contributed by atoms with Crippen molar-refractivity contribution in [2.45, 2.75) is 37.4 Å². The molecule has 37 heavy (non-hydrogen) atoms. The van der Waals surface area contributed by atoms with Gasteiger partial charge in [0.2, 0.25) is 15.9 Å². The molecule has 0 fully saturated rings. The van der Waals surface area contributed by atoms with Crippen molar-refractivity contribution in [3.05, 3.63) is 125 Å². The molecule has 5 rings (SSSR count). The zero-order valence-electron chi connectivity index (χ0n) is 20.5. The monoisotopic (exact) mass is 512 g/mol. The Labute approximate surface area is 217 Å². The van der Waals surface area contributed by atoms with E-state index >= 15 is 0 Å². The molecule has 0 bridgehead atoms. The molecule has 4 aromatic rings. The van der Waals surface area contributed by atoms with Crippen LogP contribution in [-0.2, 0) is 34.3 Å². The first-order valence-electron chi connectivity index (χ1n) is 12.1. The third kappa shape index (κ3) is 5.58. The maximum atomic E-state index is 13.6. The second-order valence-corrected chi connectivity index (χ2v) is 11.0. The average molecular weight is 513 g/mol. The van der Waals surface area contributed by atoms with E-state index in [2.05, 4.69) is 5.32 Å². The normalized spacial score (nSPS) is 15.5. The number of fused-ring (bicyclic) bond motifs is 1. The minimum Gasteiger partial charge on any atom is -0.457 e. The van der Waals surface area contributed by atoms with Crippen LogP contribution in [0.15, 0.2) is 108 Å². The van der Waals surface area contributed by atoms with Gasteiger partial charge in [0, 0.05) is 13.1 Å². The van der Waals surface area contributed by atoms with E-state index in [9.17, 15) is 13.2 Å². The number of carbonyl (C=O) groups excluding carboxylic acids is 1. The van der Waals surface area contributed by atoms with E-state index in [-0.39, 0.29) is 23.9 Å². The lowest BCUT2D eigenvalue weighted by Gasteiger charge is -2.35. The van der Waals surface area contributed by atoms with Crippen molar-refractivity contribution in [2.24, 2.45) is 0 Å². The smallest absolute Gasteiger partial charge is 0.244 e. The molecule has 188 valence electrons. The summed E-state index contributed by atoms with van der Waals surface area (Å²) < 4.78 is 34.5. The van der Waals surface area contributed by atoms with Gasteiger partial charge >= 0.3 is 0 Å². The fourth-order valence-corrected chi connectivity index (χ4v) is 6.04. The van der Waals surface area contributed by atoms with Gasteiger partial charge in [-0.3, -0.25) is 4.79 Å². The summed E-state index contributed by atoms with van der Waals surface area (Å²) in [5.74, 6) is 1.05. The van der Waals surface area contributed by atoms with Gasteiger partial charge in [0.1, 0.15) is 17.5 Å². The number of hydrogen-bond donors (Lipinski definition) is 1. The molecule has 0 aliphatic carbocycles. The minimum absolute atomic E-state index is 0.144. The highest BCUT2D eigenvalue weighted by molar-refractivity contribution is 7.89. The number of benzene rings is 4. The second kappa shape index (κ2) is 10.6. The van der Waals surface area contributed by atoms with E-state index in [1.807, 2.05) is 85.8 Å². The predicted octanol–water partition coefficient (Wildman–Crippen LogP) is 5.22. The van der Waals surface area contributed by atoms with Crippen LogP contribution in [0.1, 0.15) is 22.3 Å². The van der Waals surface area contributed by atoms with Crippen molar-refractivity contribution >= 4 is 15.9 Å². The number of ether oxygens (including phenoxy) is 1. The van der Waals surface area contributed by atoms with Crippen LogP contribution in [0.25, 0.3) is 0 Å². The van der Waals surface area contributed by atoms with Crippen molar-refractivity contribution in [2.75, 3.05) is 0 Å². The molecule has 0 radical (unpaired) electrons. The molecular weight excluding hydrogens is 484 g/mol. The van der Waals surface area contributed by atoms with E-state index in [0.717, 1.165) is 28.0 Å². The topological polar surface area (TPSA) is 75.7 Å². The number of hydrogen-bond acceptors (Lipinski definition) is 4. The van der Waals surface area contributed by atoms with Gasteiger partial charge in [-0.15, -0.1) is 0 Å². The average Bonchev–Trinajstić information content (AvgIpc) is 2.92. The quantitative estimate of drug-likeness (QED) is 0.368. The second-order valence-electron chi connectivity index (χ2n) is 9.13. The fourth-order valence-electron chi connectivity index (χ4n) is 4.47. The summed E-state index contributed by atoms with van der Waals surface area (Å²) >= 11 is 0. The van der Waals surface area contributed by atoms with Crippen molar-refractivity contribution in [3.8, 4) is 11.5 Å². The molecule has 1 heterocycles. The van der Waals surface area contributed by atoms with Crippen LogP contribution in [0.3, 0.4) is 0 Å². The molecule has 0 spiro atoms. The van der Waals surface area contributed by atoms with Gasteiger partial charge in [-0.2, -0.15) is 4.31 Å². The van der Waals surface area contributed by atoms with Gasteiger partial charge in [0.15, 0.2) is 0 Å². The van der Waals surface area contributed by atoms with Crippen LogP contribution in [0.2, 0.25) is 0 Å². The van der Waals surface area contributed by atoms with E-state index in [1.54, 1.807) is 24.3 Å². The van der Waals surface area contributed by atoms with Crippen LogP contribution in [0.5, 0.6) is 11.5 Å². The van der Waals surface area contributed by atoms with Crippen molar-refractivity contribution in [1.29, 1.82) is 0 Å². The molecule has 1 aliphatic rings. The van der Waals surface area contributed by atoms with Crippen LogP contribution in [0, 0.1) is 6.92 Å². The van der Waals surface area contributed by atoms with Crippen molar-refractivity contribution in [1.82, 2.24) is 9.62 Å². The molecule has 1 aliphatic heterocycles. The highest BCUT2D eigenvalue weighted by Crippen LogP contribution is 2.29. The molecule has 0 saturated heterocycles. The van der Waals surface area contributed by atoms with E-state index in [1.165, 1.54) is 4.31 Å². The molecule has 1 atom stereocenters. The van der Waals surface area contributed by atoms with E-state index < -0.39 is 16.1 Å². The summed E-state index contributed by atoms with van der Waals surface area (Å²) in [4.78, 5) is 13.6. The van der Waals surface area contributed by atoms with E-state index in [4.69, 9.17) is 4.74 Å². The maximum absolute atomic E-state index is 13.6. The largest absolute Gasteiger partial charge is 0.457 e. The molecular formula is C30H28N2O4S. The Balaban J connectivity index is 1.36. The lowest BCUT2D eigenvalue weighted by atomic mass is 9.95. The van der Waals surface area contributed by atoms with Gasteiger partial charge in [-0.1, -0.05) is 72.3 Å². The first-order valence-corrected chi connectivity index (χ1v) is 13.6. The van der Waals surface area contributed by atoms with Gasteiger partial charge in [-0.05, 0) is 66.4 Å². The summed E-state index contributed by atoms with van der Waals surface area (Å²) in [7, 11) is -3.89. The summed E-state index contributed by atoms with van der Waals surface area (Å²) in [6.45, 7) is 2.30. The van der Waals surface area contributed by atoms with E-state index in [0.29, 0.717) is 12.2 Å².